The zero-order valence-corrected chi connectivity index (χ0v) is 14.0. The van der Waals surface area contributed by atoms with Crippen LogP contribution in [0, 0.1) is 11.6 Å². The van der Waals surface area contributed by atoms with Crippen molar-refractivity contribution in [3.05, 3.63) is 63.1 Å². The average molecular weight is 371 g/mol. The molecule has 3 rings (SSSR count). The standard InChI is InChI=1S/C17H14Cl2F2N2O/c18-13-3-1-2-9(17(13)21)11-6-22-7-12(11)10-4-15(20)14(19)5-16(10)23-8-24/h1-5,8,11-12,22H,6-7H2,(H,23,24)/t11-,12+/m1/s1. The maximum absolute atomic E-state index is 14.4. The summed E-state index contributed by atoms with van der Waals surface area (Å²) in [5.74, 6) is -1.53. The predicted molar refractivity (Wildman–Crippen MR) is 90.9 cm³/mol. The highest BCUT2D eigenvalue weighted by atomic mass is 35.5. The molecule has 126 valence electrons. The largest absolute Gasteiger partial charge is 0.328 e. The predicted octanol–water partition coefficient (Wildman–Crippen LogP) is 4.31. The summed E-state index contributed by atoms with van der Waals surface area (Å²) in [4.78, 5) is 10.8. The number of benzene rings is 2. The van der Waals surface area contributed by atoms with Gasteiger partial charge in [0.25, 0.3) is 0 Å². The van der Waals surface area contributed by atoms with E-state index >= 15 is 0 Å². The molecule has 1 aliphatic rings. The first-order valence-corrected chi connectivity index (χ1v) is 8.12. The average Bonchev–Trinajstić information content (AvgIpc) is 3.03. The van der Waals surface area contributed by atoms with Gasteiger partial charge in [-0.25, -0.2) is 8.78 Å². The first kappa shape index (κ1) is 17.1. The molecule has 0 saturated carbocycles. The fraction of sp³-hybridized carbons (Fsp3) is 0.235. The van der Waals surface area contributed by atoms with Gasteiger partial charge in [-0.05, 0) is 29.3 Å². The molecule has 2 atom stereocenters. The van der Waals surface area contributed by atoms with Gasteiger partial charge >= 0.3 is 0 Å². The molecule has 0 bridgehead atoms. The second-order valence-electron chi connectivity index (χ2n) is 5.63. The Kier molecular flexibility index (Phi) is 5.04. The van der Waals surface area contributed by atoms with Gasteiger partial charge in [0.15, 0.2) is 0 Å². The third kappa shape index (κ3) is 3.11. The first-order chi connectivity index (χ1) is 11.5. The van der Waals surface area contributed by atoms with Crippen molar-refractivity contribution in [3.63, 3.8) is 0 Å². The van der Waals surface area contributed by atoms with Gasteiger partial charge in [-0.1, -0.05) is 35.3 Å². The minimum Gasteiger partial charge on any atom is -0.328 e. The Balaban J connectivity index is 2.06. The second-order valence-corrected chi connectivity index (χ2v) is 6.44. The topological polar surface area (TPSA) is 41.1 Å². The van der Waals surface area contributed by atoms with E-state index in [2.05, 4.69) is 10.6 Å². The van der Waals surface area contributed by atoms with E-state index in [1.807, 2.05) is 0 Å². The van der Waals surface area contributed by atoms with Crippen LogP contribution in [0.4, 0.5) is 14.5 Å². The van der Waals surface area contributed by atoms with Gasteiger partial charge in [0, 0.05) is 30.6 Å². The minimum absolute atomic E-state index is 0.0478. The van der Waals surface area contributed by atoms with Crippen LogP contribution in [-0.2, 0) is 4.79 Å². The van der Waals surface area contributed by atoms with E-state index in [9.17, 15) is 13.6 Å². The summed E-state index contributed by atoms with van der Waals surface area (Å²) in [5, 5.41) is 5.69. The molecule has 0 radical (unpaired) electrons. The van der Waals surface area contributed by atoms with E-state index in [4.69, 9.17) is 23.2 Å². The lowest BCUT2D eigenvalue weighted by atomic mass is 9.83. The molecule has 1 aliphatic heterocycles. The van der Waals surface area contributed by atoms with Gasteiger partial charge in [0.1, 0.15) is 11.6 Å². The van der Waals surface area contributed by atoms with Gasteiger partial charge in [-0.15, -0.1) is 0 Å². The Hall–Kier alpha value is -1.69. The summed E-state index contributed by atoms with van der Waals surface area (Å²) in [6.45, 7) is 1.04. The molecule has 2 N–H and O–H groups in total. The zero-order valence-electron chi connectivity index (χ0n) is 12.5. The maximum atomic E-state index is 14.4. The number of hydrogen-bond acceptors (Lipinski definition) is 2. The van der Waals surface area contributed by atoms with E-state index in [0.717, 1.165) is 0 Å². The molecular formula is C17H14Cl2F2N2O. The van der Waals surface area contributed by atoms with Gasteiger partial charge < -0.3 is 10.6 Å². The van der Waals surface area contributed by atoms with E-state index in [1.54, 1.807) is 12.1 Å². The minimum atomic E-state index is -0.583. The number of amides is 1. The van der Waals surface area contributed by atoms with Crippen molar-refractivity contribution in [2.75, 3.05) is 18.4 Å². The normalized spacial score (nSPS) is 20.2. The third-order valence-electron chi connectivity index (χ3n) is 4.30. The molecule has 0 spiro atoms. The summed E-state index contributed by atoms with van der Waals surface area (Å²) >= 11 is 11.7. The van der Waals surface area contributed by atoms with Crippen LogP contribution in [0.5, 0.6) is 0 Å². The van der Waals surface area contributed by atoms with Crippen molar-refractivity contribution in [2.24, 2.45) is 0 Å². The van der Waals surface area contributed by atoms with Crippen LogP contribution in [0.3, 0.4) is 0 Å². The van der Waals surface area contributed by atoms with Crippen LogP contribution < -0.4 is 10.6 Å². The molecule has 1 heterocycles. The number of anilines is 1. The van der Waals surface area contributed by atoms with Crippen molar-refractivity contribution in [3.8, 4) is 0 Å². The smallest absolute Gasteiger partial charge is 0.211 e. The van der Waals surface area contributed by atoms with Crippen molar-refractivity contribution in [1.29, 1.82) is 0 Å². The SMILES string of the molecule is O=CNc1cc(Cl)c(F)cc1[C@@H]1CNC[C@@H]1c1cccc(Cl)c1F. The van der Waals surface area contributed by atoms with E-state index in [1.165, 1.54) is 18.2 Å². The number of carbonyl (C=O) groups excluding carboxylic acids is 1. The van der Waals surface area contributed by atoms with Gasteiger partial charge in [0.2, 0.25) is 6.41 Å². The second kappa shape index (κ2) is 7.05. The number of nitrogens with one attached hydrogen (secondary N) is 2. The van der Waals surface area contributed by atoms with Gasteiger partial charge in [0.05, 0.1) is 10.0 Å². The summed E-state index contributed by atoms with van der Waals surface area (Å²) in [7, 11) is 0. The molecule has 0 unspecified atom stereocenters. The lowest BCUT2D eigenvalue weighted by molar-refractivity contribution is -0.105. The zero-order chi connectivity index (χ0) is 17.3. The molecular weight excluding hydrogens is 357 g/mol. The number of hydrogen-bond donors (Lipinski definition) is 2. The van der Waals surface area contributed by atoms with Gasteiger partial charge in [-0.2, -0.15) is 0 Å². The summed E-state index contributed by atoms with van der Waals surface area (Å²) < 4.78 is 28.4. The number of halogens is 4. The molecule has 1 amide bonds. The Morgan fingerprint density at radius 2 is 1.79 bits per heavy atom. The van der Waals surface area contributed by atoms with E-state index in [-0.39, 0.29) is 21.9 Å². The summed E-state index contributed by atoms with van der Waals surface area (Å²) in [6, 6.07) is 7.50. The molecule has 2 aromatic carbocycles. The Labute approximate surface area is 148 Å². The van der Waals surface area contributed by atoms with Crippen LogP contribution in [0.15, 0.2) is 30.3 Å². The fourth-order valence-corrected chi connectivity index (χ4v) is 3.54. The van der Waals surface area contributed by atoms with Crippen LogP contribution in [-0.4, -0.2) is 19.5 Å². The number of carbonyl (C=O) groups is 1. The molecule has 1 saturated heterocycles. The molecule has 1 fully saturated rings. The Bertz CT molecular complexity index is 785. The van der Waals surface area contributed by atoms with Crippen molar-refractivity contribution in [2.45, 2.75) is 11.8 Å². The lowest BCUT2D eigenvalue weighted by Gasteiger charge is -2.23. The molecule has 3 nitrogen and oxygen atoms in total. The van der Waals surface area contributed by atoms with Crippen molar-refractivity contribution < 1.29 is 13.6 Å². The summed E-state index contributed by atoms with van der Waals surface area (Å²) in [5.41, 5.74) is 1.45. The number of rotatable bonds is 4. The molecule has 7 heteroatoms. The van der Waals surface area contributed by atoms with Crippen molar-refractivity contribution >= 4 is 35.3 Å². The van der Waals surface area contributed by atoms with Crippen LogP contribution >= 0.6 is 23.2 Å². The van der Waals surface area contributed by atoms with E-state index < -0.39 is 11.6 Å². The quantitative estimate of drug-likeness (QED) is 0.787. The fourth-order valence-electron chi connectivity index (χ4n) is 3.20. The monoisotopic (exact) mass is 370 g/mol. The highest BCUT2D eigenvalue weighted by molar-refractivity contribution is 6.31. The summed E-state index contributed by atoms with van der Waals surface area (Å²) in [6.07, 6.45) is 0.504. The Morgan fingerprint density at radius 3 is 2.50 bits per heavy atom. The highest BCUT2D eigenvalue weighted by Crippen LogP contribution is 2.42. The van der Waals surface area contributed by atoms with Gasteiger partial charge in [-0.3, -0.25) is 4.79 Å². The Morgan fingerprint density at radius 1 is 1.08 bits per heavy atom. The molecule has 0 aliphatic carbocycles. The maximum Gasteiger partial charge on any atom is 0.211 e. The van der Waals surface area contributed by atoms with Crippen LogP contribution in [0.1, 0.15) is 23.0 Å². The van der Waals surface area contributed by atoms with E-state index in [0.29, 0.717) is 36.3 Å². The molecule has 0 aromatic heterocycles. The van der Waals surface area contributed by atoms with Crippen LogP contribution in [0.2, 0.25) is 10.0 Å². The first-order valence-electron chi connectivity index (χ1n) is 7.36. The van der Waals surface area contributed by atoms with Crippen molar-refractivity contribution in [1.82, 2.24) is 5.32 Å². The van der Waals surface area contributed by atoms with Crippen LogP contribution in [0.25, 0.3) is 0 Å². The molecule has 24 heavy (non-hydrogen) atoms. The highest BCUT2D eigenvalue weighted by Gasteiger charge is 2.34. The third-order valence-corrected chi connectivity index (χ3v) is 4.88. The lowest BCUT2D eigenvalue weighted by Crippen LogP contribution is -2.13. The molecule has 2 aromatic rings.